The van der Waals surface area contributed by atoms with Crippen LogP contribution in [0, 0.1) is 6.92 Å². The molecule has 1 aromatic rings. The smallest absolute Gasteiger partial charge is 0.0308 e. The quantitative estimate of drug-likeness (QED) is 0.614. The molecule has 0 heterocycles. The highest BCUT2D eigenvalue weighted by Crippen LogP contribution is 2.42. The van der Waals surface area contributed by atoms with Crippen LogP contribution < -0.4 is 0 Å². The first-order chi connectivity index (χ1) is 6.66. The molecule has 0 N–H and O–H groups in total. The van der Waals surface area contributed by atoms with E-state index in [0.29, 0.717) is 0 Å². The van der Waals surface area contributed by atoms with Crippen molar-refractivity contribution < 1.29 is 0 Å². The summed E-state index contributed by atoms with van der Waals surface area (Å²) in [6.45, 7) is 9.25. The Morgan fingerprint density at radius 3 is 2.50 bits per heavy atom. The van der Waals surface area contributed by atoms with Crippen molar-refractivity contribution in [2.45, 2.75) is 32.9 Å². The summed E-state index contributed by atoms with van der Waals surface area (Å²) in [4.78, 5) is 0. The largest absolute Gasteiger partial charge is 0.0740 e. The zero-order valence-electron chi connectivity index (χ0n) is 9.52. The molecule has 1 aliphatic rings. The summed E-state index contributed by atoms with van der Waals surface area (Å²) in [5.41, 5.74) is 8.58. The lowest BCUT2D eigenvalue weighted by Crippen LogP contribution is -2.03. The van der Waals surface area contributed by atoms with Gasteiger partial charge in [-0.2, -0.15) is 0 Å². The van der Waals surface area contributed by atoms with Gasteiger partial charge >= 0.3 is 0 Å². The minimum Gasteiger partial charge on any atom is -0.0740 e. The Kier molecular flexibility index (Phi) is 2.36. The first-order valence-corrected chi connectivity index (χ1v) is 7.67. The lowest BCUT2D eigenvalue weighted by Gasteiger charge is -2.11. The summed E-state index contributed by atoms with van der Waals surface area (Å²) >= 11 is 0. The van der Waals surface area contributed by atoms with E-state index in [0.717, 1.165) is 5.54 Å². The van der Waals surface area contributed by atoms with Crippen molar-refractivity contribution in [3.63, 3.8) is 0 Å². The second kappa shape index (κ2) is 3.39. The summed E-state index contributed by atoms with van der Waals surface area (Å²) in [5, 5.41) is 0. The van der Waals surface area contributed by atoms with Crippen molar-refractivity contribution in [1.29, 1.82) is 0 Å². The molecule has 0 aromatic heterocycles. The molecule has 1 heteroatoms. The van der Waals surface area contributed by atoms with Gasteiger partial charge in [0.15, 0.2) is 0 Å². The van der Waals surface area contributed by atoms with Crippen molar-refractivity contribution >= 4 is 15.1 Å². The average molecular weight is 202 g/mol. The minimum atomic E-state index is 0.0286. The van der Waals surface area contributed by atoms with Crippen molar-refractivity contribution in [1.82, 2.24) is 0 Å². The van der Waals surface area contributed by atoms with Crippen molar-refractivity contribution in [2.75, 3.05) is 0 Å². The molecule has 1 aromatic carbocycles. The van der Waals surface area contributed by atoms with Gasteiger partial charge in [-0.25, -0.2) is 0 Å². The second-order valence-corrected chi connectivity index (χ2v) is 5.94. The Bertz CT molecular complexity index is 402. The molecule has 1 atom stereocenters. The lowest BCUT2D eigenvalue weighted by molar-refractivity contribution is 1.12. The van der Waals surface area contributed by atoms with E-state index in [4.69, 9.17) is 0 Å². The Morgan fingerprint density at radius 1 is 1.14 bits per heavy atom. The molecule has 1 aliphatic carbocycles. The second-order valence-electron chi connectivity index (χ2n) is 4.31. The zero-order valence-corrected chi connectivity index (χ0v) is 10.9. The Hall–Kier alpha value is -0.823. The summed E-state index contributed by atoms with van der Waals surface area (Å²) in [5.74, 6) is 0. The maximum Gasteiger partial charge on any atom is 0.0308 e. The first kappa shape index (κ1) is 9.72. The van der Waals surface area contributed by atoms with E-state index in [1.165, 1.54) is 11.1 Å². The SMILES string of the molecule is C[SiH2]C1C(C)=C(C)c2c(C)cccc21. The molecule has 0 aliphatic heterocycles. The van der Waals surface area contributed by atoms with E-state index < -0.39 is 0 Å². The van der Waals surface area contributed by atoms with Gasteiger partial charge in [-0.3, -0.25) is 0 Å². The van der Waals surface area contributed by atoms with Crippen LogP contribution in [-0.2, 0) is 0 Å². The zero-order chi connectivity index (χ0) is 10.3. The molecule has 0 saturated carbocycles. The van der Waals surface area contributed by atoms with Crippen molar-refractivity contribution in [2.24, 2.45) is 0 Å². The molecular weight excluding hydrogens is 184 g/mol. The van der Waals surface area contributed by atoms with Gasteiger partial charge in [0.2, 0.25) is 0 Å². The van der Waals surface area contributed by atoms with E-state index in [1.54, 1.807) is 16.7 Å². The van der Waals surface area contributed by atoms with Crippen LogP contribution in [0.15, 0.2) is 23.8 Å². The van der Waals surface area contributed by atoms with Crippen molar-refractivity contribution in [3.8, 4) is 0 Å². The molecule has 74 valence electrons. The van der Waals surface area contributed by atoms with Crippen LogP contribution >= 0.6 is 0 Å². The normalized spacial score (nSPS) is 21.0. The highest BCUT2D eigenvalue weighted by Gasteiger charge is 2.25. The van der Waals surface area contributed by atoms with E-state index in [1.807, 2.05) is 0 Å². The molecule has 0 nitrogen and oxygen atoms in total. The summed E-state index contributed by atoms with van der Waals surface area (Å²) < 4.78 is 0. The molecular formula is C13H18Si. The van der Waals surface area contributed by atoms with Crippen LogP contribution in [0.5, 0.6) is 0 Å². The maximum atomic E-state index is 2.42. The summed E-state index contributed by atoms with van der Waals surface area (Å²) in [6, 6.07) is 6.76. The third kappa shape index (κ3) is 1.19. The van der Waals surface area contributed by atoms with Gasteiger partial charge in [0.25, 0.3) is 0 Å². The predicted molar refractivity (Wildman–Crippen MR) is 66.6 cm³/mol. The fraction of sp³-hybridized carbons (Fsp3) is 0.385. The van der Waals surface area contributed by atoms with E-state index in [-0.39, 0.29) is 9.52 Å². The third-order valence-electron chi connectivity index (χ3n) is 3.58. The highest BCUT2D eigenvalue weighted by atomic mass is 28.2. The fourth-order valence-corrected chi connectivity index (χ4v) is 4.41. The summed E-state index contributed by atoms with van der Waals surface area (Å²) in [6.07, 6.45) is 0. The van der Waals surface area contributed by atoms with E-state index in [2.05, 4.69) is 45.5 Å². The number of hydrogen-bond donors (Lipinski definition) is 0. The molecule has 1 unspecified atom stereocenters. The Morgan fingerprint density at radius 2 is 1.86 bits per heavy atom. The molecule has 0 saturated heterocycles. The van der Waals surface area contributed by atoms with Gasteiger partial charge in [-0.15, -0.1) is 0 Å². The number of fused-ring (bicyclic) bond motifs is 1. The van der Waals surface area contributed by atoms with Crippen molar-refractivity contribution in [3.05, 3.63) is 40.5 Å². The number of hydrogen-bond acceptors (Lipinski definition) is 0. The molecule has 0 bridgehead atoms. The summed E-state index contributed by atoms with van der Waals surface area (Å²) in [7, 11) is 0.0286. The van der Waals surface area contributed by atoms with Crippen LogP contribution in [0.3, 0.4) is 0 Å². The molecule has 0 fully saturated rings. The van der Waals surface area contributed by atoms with E-state index >= 15 is 0 Å². The minimum absolute atomic E-state index is 0.0286. The number of rotatable bonds is 1. The van der Waals surface area contributed by atoms with Crippen LogP contribution in [0.25, 0.3) is 5.57 Å². The van der Waals surface area contributed by atoms with Gasteiger partial charge < -0.3 is 0 Å². The van der Waals surface area contributed by atoms with Crippen LogP contribution in [0.4, 0.5) is 0 Å². The highest BCUT2D eigenvalue weighted by molar-refractivity contribution is 6.38. The molecule has 0 spiro atoms. The predicted octanol–water partition coefficient (Wildman–Crippen LogP) is 3.06. The average Bonchev–Trinajstić information content (AvgIpc) is 2.41. The number of allylic oxidation sites excluding steroid dienone is 2. The van der Waals surface area contributed by atoms with E-state index in [9.17, 15) is 0 Å². The van der Waals surface area contributed by atoms with Gasteiger partial charge in [-0.1, -0.05) is 30.3 Å². The molecule has 0 radical (unpaired) electrons. The fourth-order valence-electron chi connectivity index (χ4n) is 2.71. The lowest BCUT2D eigenvalue weighted by atomic mass is 10.0. The molecule has 14 heavy (non-hydrogen) atoms. The Balaban J connectivity index is 2.66. The number of aryl methyl sites for hydroxylation is 1. The topological polar surface area (TPSA) is 0 Å². The van der Waals surface area contributed by atoms with Gasteiger partial charge in [-0.05, 0) is 48.6 Å². The number of benzene rings is 1. The standard InChI is InChI=1S/C13H18Si/c1-8-6-5-7-11-12(8)9(2)10(3)13(11)14-4/h5-7,13H,14H2,1-4H3. The van der Waals surface area contributed by atoms with Crippen LogP contribution in [-0.4, -0.2) is 9.52 Å². The van der Waals surface area contributed by atoms with Gasteiger partial charge in [0.05, 0.1) is 0 Å². The van der Waals surface area contributed by atoms with Gasteiger partial charge in [0, 0.05) is 9.52 Å². The maximum absolute atomic E-state index is 2.42. The molecule has 2 rings (SSSR count). The Labute approximate surface area is 88.9 Å². The van der Waals surface area contributed by atoms with Crippen LogP contribution in [0.1, 0.15) is 36.1 Å². The first-order valence-electron chi connectivity index (χ1n) is 5.44. The van der Waals surface area contributed by atoms with Gasteiger partial charge in [0.1, 0.15) is 0 Å². The van der Waals surface area contributed by atoms with Crippen LogP contribution in [0.2, 0.25) is 6.55 Å². The monoisotopic (exact) mass is 202 g/mol. The third-order valence-corrected chi connectivity index (χ3v) is 5.45. The molecule has 0 amide bonds.